The van der Waals surface area contributed by atoms with Gasteiger partial charge in [0, 0.05) is 0 Å². The van der Waals surface area contributed by atoms with Gasteiger partial charge in [-0.25, -0.2) is 0 Å². The molecule has 0 aromatic heterocycles. The molecule has 0 heterocycles. The summed E-state index contributed by atoms with van der Waals surface area (Å²) in [6, 6.07) is 0. The fourth-order valence-electron chi connectivity index (χ4n) is 0. The largest absolute Gasteiger partial charge is 0.392 e. The summed E-state index contributed by atoms with van der Waals surface area (Å²) in [6.45, 7) is -0.433. The van der Waals surface area contributed by atoms with Gasteiger partial charge in [-0.3, -0.25) is 0 Å². The molecule has 4 N–H and O–H groups in total. The Balaban J connectivity index is 0. The van der Waals surface area contributed by atoms with E-state index in [4.69, 9.17) is 39.9 Å². The number of aliphatic hydroxyl groups excluding tert-OH is 1. The normalized spacial score (nSPS) is 10.3. The molecule has 2 nitrogen and oxygen atoms in total. The predicted octanol–water partition coefficient (Wildman–Crippen LogP) is 1.51. The van der Waals surface area contributed by atoms with E-state index in [1.165, 1.54) is 0 Å². The minimum absolute atomic E-state index is 0. The van der Waals surface area contributed by atoms with Crippen LogP contribution in [-0.4, -0.2) is 15.5 Å². The van der Waals surface area contributed by atoms with Gasteiger partial charge in [-0.05, 0) is 0 Å². The van der Waals surface area contributed by atoms with E-state index < -0.39 is 10.4 Å². The maximum Gasteiger partial charge on any atom is 0.213 e. The predicted molar refractivity (Wildman–Crippen MR) is 32.4 cm³/mol. The number of hydrogen-bond donors (Lipinski definition) is 2. The molecule has 0 amide bonds. The van der Waals surface area contributed by atoms with Crippen LogP contribution in [0.1, 0.15) is 0 Å². The molecule has 0 aliphatic heterocycles. The third-order valence-corrected chi connectivity index (χ3v) is 0.538. The van der Waals surface area contributed by atoms with Gasteiger partial charge in [0.1, 0.15) is 0 Å². The second-order valence-electron chi connectivity index (χ2n) is 0.773. The zero-order chi connectivity index (χ0) is 5.21. The molecule has 0 fully saturated rings. The van der Waals surface area contributed by atoms with Crippen molar-refractivity contribution in [3.63, 3.8) is 0 Å². The van der Waals surface area contributed by atoms with Crippen molar-refractivity contribution >= 4 is 34.8 Å². The van der Waals surface area contributed by atoms with Gasteiger partial charge in [0.15, 0.2) is 0 Å². The monoisotopic (exact) mass is 166 g/mol. The van der Waals surface area contributed by atoms with Gasteiger partial charge in [0.05, 0.1) is 6.61 Å². The van der Waals surface area contributed by atoms with Crippen LogP contribution in [0.25, 0.3) is 0 Å². The van der Waals surface area contributed by atoms with Gasteiger partial charge < -0.3 is 11.3 Å². The van der Waals surface area contributed by atoms with Gasteiger partial charge in [0.2, 0.25) is 3.79 Å². The quantitative estimate of drug-likeness (QED) is 0.424. The molecule has 5 heteroatoms. The Morgan fingerprint density at radius 1 is 1.29 bits per heavy atom. The number of rotatable bonds is 0. The summed E-state index contributed by atoms with van der Waals surface area (Å²) in [4.78, 5) is 0. The lowest BCUT2D eigenvalue weighted by molar-refractivity contribution is 0.303. The molecule has 0 aromatic rings. The maximum atomic E-state index is 8.01. The van der Waals surface area contributed by atoms with Gasteiger partial charge in [-0.15, -0.1) is 0 Å². The zero-order valence-electron chi connectivity index (χ0n) is 3.50. The van der Waals surface area contributed by atoms with Crippen LogP contribution in [-0.2, 0) is 0 Å². The molecule has 0 aliphatic rings. The van der Waals surface area contributed by atoms with Crippen molar-refractivity contribution in [3.8, 4) is 0 Å². The van der Waals surface area contributed by atoms with E-state index in [1.807, 2.05) is 0 Å². The molecule has 0 bridgehead atoms. The smallest absolute Gasteiger partial charge is 0.213 e. The molecule has 0 unspecified atom stereocenters. The highest BCUT2D eigenvalue weighted by Crippen LogP contribution is 2.23. The highest BCUT2D eigenvalue weighted by Gasteiger charge is 2.16. The second kappa shape index (κ2) is 3.75. The summed E-state index contributed by atoms with van der Waals surface area (Å²) in [7, 11) is 0. The van der Waals surface area contributed by atoms with E-state index in [9.17, 15) is 0 Å². The van der Waals surface area contributed by atoms with Crippen LogP contribution in [0.3, 0.4) is 0 Å². The third-order valence-electron chi connectivity index (χ3n) is 0.179. The van der Waals surface area contributed by atoms with Crippen LogP contribution in [0.2, 0.25) is 0 Å². The first-order chi connectivity index (χ1) is 2.56. The molecule has 7 heavy (non-hydrogen) atoms. The van der Waals surface area contributed by atoms with Crippen LogP contribution in [0.5, 0.6) is 0 Å². The van der Waals surface area contributed by atoms with Crippen molar-refractivity contribution < 1.29 is 5.11 Å². The van der Waals surface area contributed by atoms with Crippen molar-refractivity contribution in [1.82, 2.24) is 6.15 Å². The molecule has 0 aromatic carbocycles. The van der Waals surface area contributed by atoms with Crippen molar-refractivity contribution in [3.05, 3.63) is 0 Å². The number of alkyl halides is 3. The first kappa shape index (κ1) is 10.7. The van der Waals surface area contributed by atoms with E-state index in [0.717, 1.165) is 0 Å². The van der Waals surface area contributed by atoms with Gasteiger partial charge in [-0.1, -0.05) is 34.8 Å². The van der Waals surface area contributed by atoms with Gasteiger partial charge in [-0.2, -0.15) is 0 Å². The van der Waals surface area contributed by atoms with E-state index in [2.05, 4.69) is 0 Å². The Kier molecular flexibility index (Phi) is 5.74. The second-order valence-corrected chi connectivity index (χ2v) is 3.29. The van der Waals surface area contributed by atoms with Crippen LogP contribution in [0, 0.1) is 0 Å². The Hall–Kier alpha value is 0.790. The lowest BCUT2D eigenvalue weighted by Gasteiger charge is -2.01. The third kappa shape index (κ3) is 10.8. The lowest BCUT2D eigenvalue weighted by Crippen LogP contribution is -2.06. The Morgan fingerprint density at radius 2 is 1.43 bits per heavy atom. The van der Waals surface area contributed by atoms with Crippen LogP contribution in [0.4, 0.5) is 0 Å². The minimum Gasteiger partial charge on any atom is -0.392 e. The van der Waals surface area contributed by atoms with Crippen LogP contribution in [0.15, 0.2) is 0 Å². The molecule has 0 saturated heterocycles. The summed E-state index contributed by atoms with van der Waals surface area (Å²) >= 11 is 15.0. The van der Waals surface area contributed by atoms with E-state index in [0.29, 0.717) is 0 Å². The molecular weight excluding hydrogens is 161 g/mol. The average molecular weight is 167 g/mol. The number of aliphatic hydroxyl groups is 1. The molecule has 0 spiro atoms. The van der Waals surface area contributed by atoms with Crippen molar-refractivity contribution in [2.75, 3.05) is 6.61 Å². The Labute approximate surface area is 56.9 Å². The van der Waals surface area contributed by atoms with Crippen molar-refractivity contribution in [2.45, 2.75) is 3.79 Å². The fourth-order valence-corrected chi connectivity index (χ4v) is 0. The summed E-state index contributed by atoms with van der Waals surface area (Å²) < 4.78 is -1.49. The SMILES string of the molecule is OCC(Cl)(Cl)Cl.[15NH3]. The first-order valence-electron chi connectivity index (χ1n) is 1.24. The summed E-state index contributed by atoms with van der Waals surface area (Å²) in [5, 5.41) is 8.01. The number of halogens is 3. The Bertz CT molecular complexity index is 42.7. The van der Waals surface area contributed by atoms with Crippen molar-refractivity contribution in [2.24, 2.45) is 0 Å². The maximum absolute atomic E-state index is 8.01. The van der Waals surface area contributed by atoms with E-state index >= 15 is 0 Å². The van der Waals surface area contributed by atoms with Crippen molar-refractivity contribution in [1.29, 1.82) is 0 Å². The van der Waals surface area contributed by atoms with Crippen LogP contribution < -0.4 is 6.15 Å². The zero-order valence-corrected chi connectivity index (χ0v) is 5.76. The minimum atomic E-state index is -1.49. The highest BCUT2D eigenvalue weighted by molar-refractivity contribution is 6.67. The molecule has 0 rings (SSSR count). The first-order valence-corrected chi connectivity index (χ1v) is 2.37. The molecule has 46 valence electrons. The van der Waals surface area contributed by atoms with E-state index in [1.54, 1.807) is 0 Å². The fraction of sp³-hybridized carbons (Fsp3) is 1.00. The molecule has 0 atom stereocenters. The van der Waals surface area contributed by atoms with Crippen LogP contribution >= 0.6 is 34.8 Å². The molecule has 0 saturated carbocycles. The molecular formula is C2H6Cl3NO. The van der Waals surface area contributed by atoms with E-state index in [-0.39, 0.29) is 6.15 Å². The summed E-state index contributed by atoms with van der Waals surface area (Å²) in [5.74, 6) is 0. The highest BCUT2D eigenvalue weighted by atomic mass is 35.6. The standard InChI is InChI=1S/C2H3Cl3O.H3N/c3-2(4,5)1-6;/h6H,1H2;1H3/i;1+1. The average Bonchev–Trinajstić information content (AvgIpc) is 1.35. The van der Waals surface area contributed by atoms with Gasteiger partial charge in [0.25, 0.3) is 0 Å². The van der Waals surface area contributed by atoms with Gasteiger partial charge >= 0.3 is 0 Å². The Morgan fingerprint density at radius 3 is 1.43 bits per heavy atom. The summed E-state index contributed by atoms with van der Waals surface area (Å²) in [6.07, 6.45) is 0. The summed E-state index contributed by atoms with van der Waals surface area (Å²) in [5.41, 5.74) is 0. The molecule has 0 radical (unpaired) electrons. The lowest BCUT2D eigenvalue weighted by atomic mass is 10.9. The topological polar surface area (TPSA) is 55.2 Å². The molecule has 0 aliphatic carbocycles. The number of hydrogen-bond acceptors (Lipinski definition) is 2.